The molecule has 3 heterocycles. The summed E-state index contributed by atoms with van der Waals surface area (Å²) in [6.07, 6.45) is 4.22. The second-order valence-corrected chi connectivity index (χ2v) is 7.96. The molecule has 0 spiro atoms. The first-order valence-corrected chi connectivity index (χ1v) is 10.2. The van der Waals surface area contributed by atoms with E-state index in [0.717, 1.165) is 22.3 Å². The number of aromatic nitrogens is 2. The van der Waals surface area contributed by atoms with Crippen LogP contribution in [-0.4, -0.2) is 26.2 Å². The molecule has 0 saturated carbocycles. The van der Waals surface area contributed by atoms with Gasteiger partial charge in [-0.2, -0.15) is 0 Å². The highest BCUT2D eigenvalue weighted by molar-refractivity contribution is 6.07. The number of rotatable bonds is 5. The topological polar surface area (TPSA) is 66.7 Å². The molecule has 3 amide bonds. The van der Waals surface area contributed by atoms with E-state index >= 15 is 0 Å². The van der Waals surface area contributed by atoms with Gasteiger partial charge in [-0.3, -0.25) is 9.69 Å². The minimum Gasteiger partial charge on any atom is -0.319 e. The number of imidazole rings is 1. The molecule has 2 aromatic heterocycles. The number of urea groups is 1. The number of carbonyl (C=O) groups is 2. The average molecular weight is 410 g/mol. The zero-order chi connectivity index (χ0) is 21.4. The van der Waals surface area contributed by atoms with Crippen LogP contribution in [0.1, 0.15) is 22.4 Å². The van der Waals surface area contributed by atoms with Gasteiger partial charge in [0.15, 0.2) is 5.54 Å². The molecule has 0 radical (unpaired) electrons. The number of hydrogen-bond donors (Lipinski definition) is 1. The summed E-state index contributed by atoms with van der Waals surface area (Å²) in [5.74, 6) is -0.263. The molecular formula is C25H22N4O2. The van der Waals surface area contributed by atoms with Crippen LogP contribution in [0.3, 0.4) is 0 Å². The third-order valence-corrected chi connectivity index (χ3v) is 5.72. The fourth-order valence-electron chi connectivity index (χ4n) is 4.21. The smallest absolute Gasteiger partial charge is 0.319 e. The molecule has 154 valence electrons. The van der Waals surface area contributed by atoms with Crippen molar-refractivity contribution in [2.45, 2.75) is 25.4 Å². The average Bonchev–Trinajstić information content (AvgIpc) is 3.29. The Kier molecular flexibility index (Phi) is 4.55. The summed E-state index contributed by atoms with van der Waals surface area (Å²) in [6, 6.07) is 22.7. The van der Waals surface area contributed by atoms with E-state index in [2.05, 4.69) is 10.3 Å². The Morgan fingerprint density at radius 2 is 1.61 bits per heavy atom. The minimum absolute atomic E-state index is 0.120. The van der Waals surface area contributed by atoms with Gasteiger partial charge in [0, 0.05) is 18.8 Å². The summed E-state index contributed by atoms with van der Waals surface area (Å²) in [7, 11) is 0. The van der Waals surface area contributed by atoms with Crippen LogP contribution in [0.15, 0.2) is 85.2 Å². The molecule has 1 atom stereocenters. The molecule has 2 aromatic carbocycles. The fraction of sp³-hybridized carbons (Fsp3) is 0.160. The third-order valence-electron chi connectivity index (χ3n) is 5.72. The Balaban J connectivity index is 1.51. The summed E-state index contributed by atoms with van der Waals surface area (Å²) < 4.78 is 1.91. The van der Waals surface area contributed by atoms with Crippen molar-refractivity contribution in [3.63, 3.8) is 0 Å². The third kappa shape index (κ3) is 3.36. The molecule has 5 rings (SSSR count). The van der Waals surface area contributed by atoms with E-state index in [4.69, 9.17) is 0 Å². The number of pyridine rings is 1. The summed E-state index contributed by atoms with van der Waals surface area (Å²) >= 11 is 0. The van der Waals surface area contributed by atoms with Crippen LogP contribution in [-0.2, 0) is 23.3 Å². The van der Waals surface area contributed by atoms with Gasteiger partial charge in [0.05, 0.1) is 12.2 Å². The molecule has 0 aliphatic carbocycles. The van der Waals surface area contributed by atoms with E-state index in [1.807, 2.05) is 96.5 Å². The number of imide groups is 1. The summed E-state index contributed by atoms with van der Waals surface area (Å²) in [4.78, 5) is 32.6. The van der Waals surface area contributed by atoms with E-state index in [1.54, 1.807) is 0 Å². The maximum Gasteiger partial charge on any atom is 0.325 e. The lowest BCUT2D eigenvalue weighted by molar-refractivity contribution is -0.132. The van der Waals surface area contributed by atoms with E-state index in [9.17, 15) is 9.59 Å². The van der Waals surface area contributed by atoms with E-state index in [-0.39, 0.29) is 12.5 Å². The lowest BCUT2D eigenvalue weighted by Gasteiger charge is -2.27. The molecule has 6 nitrogen and oxygen atoms in total. The van der Waals surface area contributed by atoms with Crippen molar-refractivity contribution in [3.8, 4) is 0 Å². The molecule has 1 fully saturated rings. The van der Waals surface area contributed by atoms with E-state index in [0.29, 0.717) is 12.1 Å². The minimum atomic E-state index is -1.14. The Morgan fingerprint density at radius 1 is 0.903 bits per heavy atom. The van der Waals surface area contributed by atoms with Crippen molar-refractivity contribution in [2.75, 3.05) is 0 Å². The van der Waals surface area contributed by atoms with Crippen LogP contribution in [0.5, 0.6) is 0 Å². The number of hydrogen-bond acceptors (Lipinski definition) is 3. The second kappa shape index (κ2) is 7.40. The first-order valence-electron chi connectivity index (χ1n) is 10.2. The lowest BCUT2D eigenvalue weighted by Crippen LogP contribution is -2.46. The van der Waals surface area contributed by atoms with Crippen molar-refractivity contribution in [1.82, 2.24) is 19.6 Å². The predicted octanol–water partition coefficient (Wildman–Crippen LogP) is 3.83. The van der Waals surface area contributed by atoms with Crippen LogP contribution >= 0.6 is 0 Å². The van der Waals surface area contributed by atoms with Gasteiger partial charge in [-0.05, 0) is 29.7 Å². The SMILES string of the molecule is Cc1ccc2nc(CN3C(=O)NC(Cc4ccccc4)(c4ccccc4)C3=O)cn2c1. The molecule has 1 saturated heterocycles. The molecule has 1 N–H and O–H groups in total. The van der Waals surface area contributed by atoms with Gasteiger partial charge in [0.2, 0.25) is 0 Å². The zero-order valence-electron chi connectivity index (χ0n) is 17.2. The molecule has 0 bridgehead atoms. The standard InChI is InChI=1S/C25H22N4O2/c1-18-12-13-22-26-21(16-28(22)15-18)17-29-23(30)25(27-24(29)31,20-10-6-3-7-11-20)14-19-8-4-2-5-9-19/h2-13,15-16H,14,17H2,1H3,(H,27,31). The van der Waals surface area contributed by atoms with Crippen LogP contribution in [0.4, 0.5) is 4.79 Å². The zero-order valence-corrected chi connectivity index (χ0v) is 17.2. The normalized spacial score (nSPS) is 18.5. The second-order valence-electron chi connectivity index (χ2n) is 7.96. The van der Waals surface area contributed by atoms with Crippen molar-refractivity contribution in [2.24, 2.45) is 0 Å². The number of aryl methyl sites for hydroxylation is 1. The first-order chi connectivity index (χ1) is 15.0. The molecular weight excluding hydrogens is 388 g/mol. The molecule has 4 aromatic rings. The van der Waals surface area contributed by atoms with E-state index in [1.165, 1.54) is 4.90 Å². The number of fused-ring (bicyclic) bond motifs is 1. The maximum absolute atomic E-state index is 13.7. The number of benzene rings is 2. The Bertz CT molecular complexity index is 1270. The van der Waals surface area contributed by atoms with Crippen LogP contribution in [0.2, 0.25) is 0 Å². The number of nitrogens with zero attached hydrogens (tertiary/aromatic N) is 3. The molecule has 1 aliphatic heterocycles. The monoisotopic (exact) mass is 410 g/mol. The Labute approximate surface area is 180 Å². The summed E-state index contributed by atoms with van der Waals surface area (Å²) in [5, 5.41) is 3.00. The van der Waals surface area contributed by atoms with Crippen molar-refractivity contribution >= 4 is 17.6 Å². The lowest BCUT2D eigenvalue weighted by atomic mass is 9.83. The van der Waals surface area contributed by atoms with Crippen LogP contribution in [0, 0.1) is 6.92 Å². The maximum atomic E-state index is 13.7. The predicted molar refractivity (Wildman–Crippen MR) is 117 cm³/mol. The summed E-state index contributed by atoms with van der Waals surface area (Å²) in [5.41, 5.74) is 3.16. The first kappa shape index (κ1) is 19.1. The van der Waals surface area contributed by atoms with Crippen molar-refractivity contribution in [3.05, 3.63) is 108 Å². The largest absolute Gasteiger partial charge is 0.325 e. The van der Waals surface area contributed by atoms with Gasteiger partial charge in [0.25, 0.3) is 5.91 Å². The highest BCUT2D eigenvalue weighted by Gasteiger charge is 2.52. The number of nitrogens with one attached hydrogen (secondary N) is 1. The highest BCUT2D eigenvalue weighted by atomic mass is 16.2. The summed E-state index contributed by atoms with van der Waals surface area (Å²) in [6.45, 7) is 2.13. The van der Waals surface area contributed by atoms with E-state index < -0.39 is 11.6 Å². The number of carbonyl (C=O) groups excluding carboxylic acids is 2. The van der Waals surface area contributed by atoms with Gasteiger partial charge in [-0.15, -0.1) is 0 Å². The number of amides is 3. The van der Waals surface area contributed by atoms with Crippen LogP contribution < -0.4 is 5.32 Å². The highest BCUT2D eigenvalue weighted by Crippen LogP contribution is 2.33. The molecule has 1 aliphatic rings. The van der Waals surface area contributed by atoms with Gasteiger partial charge in [0.1, 0.15) is 5.65 Å². The van der Waals surface area contributed by atoms with Gasteiger partial charge < -0.3 is 9.72 Å². The van der Waals surface area contributed by atoms with Crippen LogP contribution in [0.25, 0.3) is 5.65 Å². The van der Waals surface area contributed by atoms with Crippen molar-refractivity contribution in [1.29, 1.82) is 0 Å². The van der Waals surface area contributed by atoms with Gasteiger partial charge >= 0.3 is 6.03 Å². The quantitative estimate of drug-likeness (QED) is 0.509. The fourth-order valence-corrected chi connectivity index (χ4v) is 4.21. The van der Waals surface area contributed by atoms with Gasteiger partial charge in [-0.25, -0.2) is 9.78 Å². The molecule has 31 heavy (non-hydrogen) atoms. The Morgan fingerprint density at radius 3 is 2.35 bits per heavy atom. The molecule has 6 heteroatoms. The molecule has 1 unspecified atom stereocenters. The van der Waals surface area contributed by atoms with Crippen molar-refractivity contribution < 1.29 is 9.59 Å². The Hall–Kier alpha value is -3.93. The van der Waals surface area contributed by atoms with Gasteiger partial charge in [-0.1, -0.05) is 66.7 Å².